The third-order valence-electron chi connectivity index (χ3n) is 2.84. The molecule has 0 saturated heterocycles. The number of hydrogen-bond donors (Lipinski definition) is 2. The number of rotatable bonds is 7. The van der Waals surface area contributed by atoms with Gasteiger partial charge in [0.15, 0.2) is 5.16 Å². The summed E-state index contributed by atoms with van der Waals surface area (Å²) in [5, 5.41) is 12.6. The van der Waals surface area contributed by atoms with Crippen molar-refractivity contribution < 1.29 is 4.79 Å². The molecule has 2 aromatic rings. The van der Waals surface area contributed by atoms with Gasteiger partial charge in [-0.1, -0.05) is 36.4 Å². The third kappa shape index (κ3) is 4.82. The van der Waals surface area contributed by atoms with Crippen LogP contribution in [0, 0.1) is 13.8 Å². The molecule has 114 valence electrons. The second kappa shape index (κ2) is 7.56. The van der Waals surface area contributed by atoms with E-state index in [9.17, 15) is 4.79 Å². The molecule has 0 aliphatic heterocycles. The van der Waals surface area contributed by atoms with Crippen LogP contribution in [-0.2, 0) is 11.2 Å². The van der Waals surface area contributed by atoms with Crippen LogP contribution in [0.1, 0.15) is 36.2 Å². The molecule has 2 aromatic heterocycles. The highest BCUT2D eigenvalue weighted by Gasteiger charge is 2.10. The Hall–Kier alpha value is -1.41. The SMILES string of the molecule is CCCCc1nc(SCC(=O)Nc2nnc(C)s2)[nH]c1C. The Morgan fingerprint density at radius 2 is 2.19 bits per heavy atom. The minimum atomic E-state index is -0.0969. The molecule has 2 heterocycles. The Balaban J connectivity index is 1.83. The number of carbonyl (C=O) groups is 1. The fourth-order valence-electron chi connectivity index (χ4n) is 1.76. The van der Waals surface area contributed by atoms with E-state index in [2.05, 4.69) is 32.4 Å². The summed E-state index contributed by atoms with van der Waals surface area (Å²) in [6, 6.07) is 0. The van der Waals surface area contributed by atoms with Gasteiger partial charge in [-0.3, -0.25) is 10.1 Å². The first-order valence-electron chi connectivity index (χ1n) is 6.86. The van der Waals surface area contributed by atoms with Gasteiger partial charge in [-0.2, -0.15) is 0 Å². The molecule has 0 aliphatic carbocycles. The van der Waals surface area contributed by atoms with E-state index in [4.69, 9.17) is 0 Å². The van der Waals surface area contributed by atoms with Crippen LogP contribution >= 0.6 is 23.1 Å². The largest absolute Gasteiger partial charge is 0.337 e. The van der Waals surface area contributed by atoms with Gasteiger partial charge >= 0.3 is 0 Å². The van der Waals surface area contributed by atoms with Crippen molar-refractivity contribution in [2.45, 2.75) is 45.2 Å². The molecule has 0 atom stereocenters. The van der Waals surface area contributed by atoms with Crippen molar-refractivity contribution in [1.29, 1.82) is 0 Å². The zero-order chi connectivity index (χ0) is 15.2. The fraction of sp³-hybridized carbons (Fsp3) is 0.538. The molecule has 21 heavy (non-hydrogen) atoms. The van der Waals surface area contributed by atoms with Crippen LogP contribution in [0.4, 0.5) is 5.13 Å². The zero-order valence-corrected chi connectivity index (χ0v) is 14.0. The monoisotopic (exact) mass is 325 g/mol. The quantitative estimate of drug-likeness (QED) is 0.765. The molecular formula is C13H19N5OS2. The zero-order valence-electron chi connectivity index (χ0n) is 12.4. The number of nitrogens with zero attached hydrogens (tertiary/aromatic N) is 3. The minimum absolute atomic E-state index is 0.0969. The van der Waals surface area contributed by atoms with E-state index in [0.29, 0.717) is 10.9 Å². The molecule has 0 aromatic carbocycles. The van der Waals surface area contributed by atoms with E-state index in [-0.39, 0.29) is 5.91 Å². The van der Waals surface area contributed by atoms with Gasteiger partial charge in [0.2, 0.25) is 11.0 Å². The number of amides is 1. The molecular weight excluding hydrogens is 306 g/mol. The number of H-pyrrole nitrogens is 1. The number of aryl methyl sites for hydroxylation is 3. The molecule has 2 N–H and O–H groups in total. The molecule has 0 bridgehead atoms. The Bertz CT molecular complexity index is 607. The normalized spacial score (nSPS) is 10.8. The maximum Gasteiger partial charge on any atom is 0.236 e. The van der Waals surface area contributed by atoms with Crippen molar-refractivity contribution >= 4 is 34.1 Å². The highest BCUT2D eigenvalue weighted by atomic mass is 32.2. The summed E-state index contributed by atoms with van der Waals surface area (Å²) in [6.45, 7) is 6.04. The van der Waals surface area contributed by atoms with Crippen LogP contribution in [0.5, 0.6) is 0 Å². The van der Waals surface area contributed by atoms with Crippen molar-refractivity contribution in [3.63, 3.8) is 0 Å². The van der Waals surface area contributed by atoms with Crippen LogP contribution in [0.25, 0.3) is 0 Å². The van der Waals surface area contributed by atoms with Gasteiger partial charge in [0.25, 0.3) is 0 Å². The Labute approximate surface area is 132 Å². The Morgan fingerprint density at radius 1 is 1.38 bits per heavy atom. The van der Waals surface area contributed by atoms with Gasteiger partial charge < -0.3 is 4.98 Å². The first kappa shape index (κ1) is 16.0. The average molecular weight is 325 g/mol. The van der Waals surface area contributed by atoms with Gasteiger partial charge in [0.05, 0.1) is 11.4 Å². The van der Waals surface area contributed by atoms with Crippen molar-refractivity contribution in [1.82, 2.24) is 20.2 Å². The number of anilines is 1. The van der Waals surface area contributed by atoms with Crippen LogP contribution in [0.15, 0.2) is 5.16 Å². The van der Waals surface area contributed by atoms with E-state index in [0.717, 1.165) is 40.8 Å². The number of thioether (sulfide) groups is 1. The molecule has 6 nitrogen and oxygen atoms in total. The second-order valence-electron chi connectivity index (χ2n) is 4.68. The molecule has 1 amide bonds. The standard InChI is InChI=1S/C13H19N5OS2/c1-4-5-6-10-8(2)14-12(15-10)20-7-11(19)16-13-18-17-9(3)21-13/h4-7H2,1-3H3,(H,14,15)(H,16,18,19). The van der Waals surface area contributed by atoms with Crippen LogP contribution in [-0.4, -0.2) is 31.8 Å². The Morgan fingerprint density at radius 3 is 2.86 bits per heavy atom. The number of carbonyl (C=O) groups excluding carboxylic acids is 1. The molecule has 0 unspecified atom stereocenters. The highest BCUT2D eigenvalue weighted by molar-refractivity contribution is 7.99. The fourth-order valence-corrected chi connectivity index (χ4v) is 3.11. The predicted molar refractivity (Wildman–Crippen MR) is 85.9 cm³/mol. The average Bonchev–Trinajstić information content (AvgIpc) is 3.00. The van der Waals surface area contributed by atoms with Crippen molar-refractivity contribution in [2.24, 2.45) is 0 Å². The van der Waals surface area contributed by atoms with Crippen molar-refractivity contribution in [3.05, 3.63) is 16.4 Å². The summed E-state index contributed by atoms with van der Waals surface area (Å²) < 4.78 is 0. The van der Waals surface area contributed by atoms with Crippen molar-refractivity contribution in [2.75, 3.05) is 11.1 Å². The summed E-state index contributed by atoms with van der Waals surface area (Å²) in [5.74, 6) is 0.207. The maximum absolute atomic E-state index is 11.8. The topological polar surface area (TPSA) is 83.6 Å². The second-order valence-corrected chi connectivity index (χ2v) is 6.83. The van der Waals surface area contributed by atoms with E-state index >= 15 is 0 Å². The molecule has 0 aliphatic rings. The van der Waals surface area contributed by atoms with Gasteiger partial charge in [0.1, 0.15) is 5.01 Å². The van der Waals surface area contributed by atoms with E-state index < -0.39 is 0 Å². The molecule has 8 heteroatoms. The lowest BCUT2D eigenvalue weighted by Crippen LogP contribution is -2.13. The van der Waals surface area contributed by atoms with E-state index in [1.807, 2.05) is 13.8 Å². The van der Waals surface area contributed by atoms with Gasteiger partial charge in [-0.05, 0) is 26.7 Å². The molecule has 0 radical (unpaired) electrons. The summed E-state index contributed by atoms with van der Waals surface area (Å²) >= 11 is 2.77. The number of nitrogens with one attached hydrogen (secondary N) is 2. The lowest BCUT2D eigenvalue weighted by Gasteiger charge is -1.98. The van der Waals surface area contributed by atoms with Gasteiger partial charge in [-0.15, -0.1) is 10.2 Å². The molecule has 0 spiro atoms. The maximum atomic E-state index is 11.8. The Kier molecular flexibility index (Phi) is 5.75. The van der Waals surface area contributed by atoms with E-state index in [1.165, 1.54) is 23.1 Å². The lowest BCUT2D eigenvalue weighted by molar-refractivity contribution is -0.113. The predicted octanol–water partition coefficient (Wildman–Crippen LogP) is 2.95. The van der Waals surface area contributed by atoms with Gasteiger partial charge in [-0.25, -0.2) is 4.98 Å². The minimum Gasteiger partial charge on any atom is -0.337 e. The number of hydrogen-bond acceptors (Lipinski definition) is 6. The summed E-state index contributed by atoms with van der Waals surface area (Å²) in [4.78, 5) is 19.6. The highest BCUT2D eigenvalue weighted by Crippen LogP contribution is 2.19. The first-order valence-corrected chi connectivity index (χ1v) is 8.67. The third-order valence-corrected chi connectivity index (χ3v) is 4.47. The number of imidazole rings is 1. The number of aromatic nitrogens is 4. The lowest BCUT2D eigenvalue weighted by atomic mass is 10.2. The van der Waals surface area contributed by atoms with Crippen LogP contribution in [0.2, 0.25) is 0 Å². The summed E-state index contributed by atoms with van der Waals surface area (Å²) in [7, 11) is 0. The van der Waals surface area contributed by atoms with E-state index in [1.54, 1.807) is 0 Å². The molecule has 0 fully saturated rings. The van der Waals surface area contributed by atoms with Gasteiger partial charge in [0, 0.05) is 5.69 Å². The summed E-state index contributed by atoms with van der Waals surface area (Å²) in [5.41, 5.74) is 2.19. The summed E-state index contributed by atoms with van der Waals surface area (Å²) in [6.07, 6.45) is 3.26. The van der Waals surface area contributed by atoms with Crippen LogP contribution in [0.3, 0.4) is 0 Å². The smallest absolute Gasteiger partial charge is 0.236 e. The number of aromatic amines is 1. The van der Waals surface area contributed by atoms with Crippen molar-refractivity contribution in [3.8, 4) is 0 Å². The number of unbranched alkanes of at least 4 members (excludes halogenated alkanes) is 1. The first-order chi connectivity index (χ1) is 10.1. The van der Waals surface area contributed by atoms with Crippen LogP contribution < -0.4 is 5.32 Å². The molecule has 2 rings (SSSR count). The molecule has 0 saturated carbocycles.